The van der Waals surface area contributed by atoms with E-state index in [4.69, 9.17) is 0 Å². The highest BCUT2D eigenvalue weighted by molar-refractivity contribution is 8.02. The first-order chi connectivity index (χ1) is 10.6. The van der Waals surface area contributed by atoms with Crippen molar-refractivity contribution in [1.82, 2.24) is 20.0 Å². The first-order valence-corrected chi connectivity index (χ1v) is 9.19. The highest BCUT2D eigenvalue weighted by Gasteiger charge is 2.25. The Morgan fingerprint density at radius 2 is 2.18 bits per heavy atom. The largest absolute Gasteiger partial charge is 0.357 e. The summed E-state index contributed by atoms with van der Waals surface area (Å²) in [6, 6.07) is 0. The van der Waals surface area contributed by atoms with Gasteiger partial charge in [-0.2, -0.15) is 0 Å². The number of aromatic nitrogens is 2. The van der Waals surface area contributed by atoms with Crippen molar-refractivity contribution in [2.75, 3.05) is 44.6 Å². The second-order valence-electron chi connectivity index (χ2n) is 5.06. The van der Waals surface area contributed by atoms with E-state index < -0.39 is 0 Å². The van der Waals surface area contributed by atoms with Crippen molar-refractivity contribution in [3.8, 4) is 0 Å². The van der Waals surface area contributed by atoms with E-state index in [0.717, 1.165) is 42.2 Å². The molecular weight excluding hydrogens is 318 g/mol. The molecular formula is C14H23N5OS2. The molecule has 0 radical (unpaired) electrons. The minimum Gasteiger partial charge on any atom is -0.357 e. The summed E-state index contributed by atoms with van der Waals surface area (Å²) in [6.07, 6.45) is 1.77. The number of anilines is 1. The molecule has 1 aromatic heterocycles. The Labute approximate surface area is 140 Å². The Bertz CT molecular complexity index is 499. The number of nitrogens with zero attached hydrogens (tertiary/aromatic N) is 4. The minimum absolute atomic E-state index is 0.131. The smallest absolute Gasteiger partial charge is 0.235 e. The quantitative estimate of drug-likeness (QED) is 0.603. The molecule has 1 fully saturated rings. The SMILES string of the molecule is C=CCNc1nnc(SC(C)C(=O)N2CCN(CC)CC2)s1. The van der Waals surface area contributed by atoms with Crippen molar-refractivity contribution in [2.45, 2.75) is 23.4 Å². The summed E-state index contributed by atoms with van der Waals surface area (Å²) in [5, 5.41) is 11.9. The lowest BCUT2D eigenvalue weighted by Crippen LogP contribution is -2.50. The van der Waals surface area contributed by atoms with E-state index in [0.29, 0.717) is 6.54 Å². The maximum Gasteiger partial charge on any atom is 0.235 e. The van der Waals surface area contributed by atoms with Crippen LogP contribution in [0.5, 0.6) is 0 Å². The van der Waals surface area contributed by atoms with Gasteiger partial charge in [0.15, 0.2) is 4.34 Å². The number of amides is 1. The predicted octanol–water partition coefficient (Wildman–Crippen LogP) is 1.78. The van der Waals surface area contributed by atoms with E-state index in [1.807, 2.05) is 11.8 Å². The Hall–Kier alpha value is -1.12. The zero-order chi connectivity index (χ0) is 15.9. The molecule has 1 aliphatic rings. The molecule has 1 aromatic rings. The van der Waals surface area contributed by atoms with Gasteiger partial charge in [0.1, 0.15) is 0 Å². The highest BCUT2D eigenvalue weighted by Crippen LogP contribution is 2.29. The third-order valence-corrected chi connectivity index (χ3v) is 5.61. The number of likely N-dealkylation sites (N-methyl/N-ethyl adjacent to an activating group) is 1. The van der Waals surface area contributed by atoms with Gasteiger partial charge in [0, 0.05) is 32.7 Å². The van der Waals surface area contributed by atoms with Gasteiger partial charge < -0.3 is 15.1 Å². The number of thioether (sulfide) groups is 1. The van der Waals surface area contributed by atoms with E-state index in [2.05, 4.69) is 33.9 Å². The number of hydrogen-bond donors (Lipinski definition) is 1. The van der Waals surface area contributed by atoms with Crippen molar-refractivity contribution in [3.63, 3.8) is 0 Å². The fourth-order valence-corrected chi connectivity index (χ4v) is 4.22. The zero-order valence-corrected chi connectivity index (χ0v) is 14.8. The van der Waals surface area contributed by atoms with Crippen LogP contribution in [-0.4, -0.2) is 70.4 Å². The molecule has 0 spiro atoms. The van der Waals surface area contributed by atoms with Gasteiger partial charge in [0.05, 0.1) is 5.25 Å². The number of hydrogen-bond acceptors (Lipinski definition) is 7. The molecule has 1 unspecified atom stereocenters. The number of nitrogens with one attached hydrogen (secondary N) is 1. The van der Waals surface area contributed by atoms with Gasteiger partial charge in [-0.15, -0.1) is 16.8 Å². The average molecular weight is 342 g/mol. The molecule has 6 nitrogen and oxygen atoms in total. The molecule has 1 aliphatic heterocycles. The second-order valence-corrected chi connectivity index (χ2v) is 7.63. The van der Waals surface area contributed by atoms with E-state index in [-0.39, 0.29) is 11.2 Å². The lowest BCUT2D eigenvalue weighted by molar-refractivity contribution is -0.132. The fraction of sp³-hybridized carbons (Fsp3) is 0.643. The van der Waals surface area contributed by atoms with Crippen LogP contribution in [0.25, 0.3) is 0 Å². The van der Waals surface area contributed by atoms with Crippen LogP contribution in [0, 0.1) is 0 Å². The maximum atomic E-state index is 12.5. The summed E-state index contributed by atoms with van der Waals surface area (Å²) in [7, 11) is 0. The van der Waals surface area contributed by atoms with Crippen molar-refractivity contribution in [1.29, 1.82) is 0 Å². The number of carbonyl (C=O) groups excluding carboxylic acids is 1. The molecule has 2 heterocycles. The summed E-state index contributed by atoms with van der Waals surface area (Å²) in [4.78, 5) is 16.8. The fourth-order valence-electron chi connectivity index (χ4n) is 2.23. The van der Waals surface area contributed by atoms with Crippen molar-refractivity contribution >= 4 is 34.1 Å². The van der Waals surface area contributed by atoms with E-state index in [9.17, 15) is 4.79 Å². The van der Waals surface area contributed by atoms with Gasteiger partial charge in [-0.1, -0.05) is 36.1 Å². The maximum absolute atomic E-state index is 12.5. The highest BCUT2D eigenvalue weighted by atomic mass is 32.2. The standard InChI is InChI=1S/C14H23N5OS2/c1-4-6-15-13-16-17-14(22-13)21-11(3)12(20)19-9-7-18(5-2)8-10-19/h4,11H,1,5-10H2,2-3H3,(H,15,16). The average Bonchev–Trinajstić information content (AvgIpc) is 2.99. The predicted molar refractivity (Wildman–Crippen MR) is 92.6 cm³/mol. The van der Waals surface area contributed by atoms with Crippen LogP contribution in [0.1, 0.15) is 13.8 Å². The second kappa shape index (κ2) is 8.50. The van der Waals surface area contributed by atoms with E-state index in [1.54, 1.807) is 6.08 Å². The van der Waals surface area contributed by atoms with Crippen LogP contribution in [0.4, 0.5) is 5.13 Å². The zero-order valence-electron chi connectivity index (χ0n) is 13.1. The Morgan fingerprint density at radius 3 is 2.82 bits per heavy atom. The summed E-state index contributed by atoms with van der Waals surface area (Å²) in [6.45, 7) is 13.0. The van der Waals surface area contributed by atoms with Gasteiger partial charge in [-0.05, 0) is 13.5 Å². The molecule has 1 saturated heterocycles. The summed E-state index contributed by atoms with van der Waals surface area (Å²) >= 11 is 2.95. The molecule has 22 heavy (non-hydrogen) atoms. The lowest BCUT2D eigenvalue weighted by Gasteiger charge is -2.35. The van der Waals surface area contributed by atoms with Crippen LogP contribution in [0.15, 0.2) is 17.0 Å². The third-order valence-electron chi connectivity index (χ3n) is 3.56. The lowest BCUT2D eigenvalue weighted by atomic mass is 10.3. The first kappa shape index (κ1) is 17.2. The number of rotatable bonds is 7. The Balaban J connectivity index is 1.83. The summed E-state index contributed by atoms with van der Waals surface area (Å²) in [5.41, 5.74) is 0. The Kier molecular flexibility index (Phi) is 6.66. The topological polar surface area (TPSA) is 61.4 Å². The van der Waals surface area contributed by atoms with Crippen LogP contribution in [-0.2, 0) is 4.79 Å². The van der Waals surface area contributed by atoms with E-state index >= 15 is 0 Å². The third kappa shape index (κ3) is 4.69. The van der Waals surface area contributed by atoms with Crippen molar-refractivity contribution in [2.24, 2.45) is 0 Å². The van der Waals surface area contributed by atoms with Crippen LogP contribution >= 0.6 is 23.1 Å². The molecule has 0 aromatic carbocycles. The number of carbonyl (C=O) groups is 1. The molecule has 0 aliphatic carbocycles. The number of piperazine rings is 1. The van der Waals surface area contributed by atoms with Crippen LogP contribution in [0.2, 0.25) is 0 Å². The molecule has 8 heteroatoms. The van der Waals surface area contributed by atoms with Gasteiger partial charge in [0.2, 0.25) is 11.0 Å². The van der Waals surface area contributed by atoms with Crippen molar-refractivity contribution < 1.29 is 4.79 Å². The van der Waals surface area contributed by atoms with Gasteiger partial charge in [-0.3, -0.25) is 4.79 Å². The van der Waals surface area contributed by atoms with E-state index in [1.165, 1.54) is 23.1 Å². The molecule has 2 rings (SSSR count). The summed E-state index contributed by atoms with van der Waals surface area (Å²) in [5.74, 6) is 0.191. The molecule has 1 atom stereocenters. The Morgan fingerprint density at radius 1 is 1.45 bits per heavy atom. The van der Waals surface area contributed by atoms with Gasteiger partial charge >= 0.3 is 0 Å². The van der Waals surface area contributed by atoms with Crippen molar-refractivity contribution in [3.05, 3.63) is 12.7 Å². The van der Waals surface area contributed by atoms with Crippen LogP contribution < -0.4 is 5.32 Å². The molecule has 0 bridgehead atoms. The normalized spacial score (nSPS) is 17.3. The molecule has 0 saturated carbocycles. The summed E-state index contributed by atoms with van der Waals surface area (Å²) < 4.78 is 0.819. The molecule has 1 N–H and O–H groups in total. The van der Waals surface area contributed by atoms with Gasteiger partial charge in [-0.25, -0.2) is 0 Å². The first-order valence-electron chi connectivity index (χ1n) is 7.50. The van der Waals surface area contributed by atoms with Crippen LogP contribution in [0.3, 0.4) is 0 Å². The monoisotopic (exact) mass is 341 g/mol. The molecule has 122 valence electrons. The van der Waals surface area contributed by atoms with Gasteiger partial charge in [0.25, 0.3) is 0 Å². The molecule has 1 amide bonds. The minimum atomic E-state index is -0.131.